The Balaban J connectivity index is 2.26. The van der Waals surface area contributed by atoms with Gasteiger partial charge in [0.2, 0.25) is 0 Å². The summed E-state index contributed by atoms with van der Waals surface area (Å²) in [6.45, 7) is 0. The number of amides is 1. The number of aliphatic hydroxyl groups excluding tert-OH is 1. The van der Waals surface area contributed by atoms with Crippen LogP contribution in [0.15, 0.2) is 30.3 Å². The van der Waals surface area contributed by atoms with Gasteiger partial charge in [-0.1, -0.05) is 30.3 Å². The molecule has 1 aromatic rings. The summed E-state index contributed by atoms with van der Waals surface area (Å²) in [6, 6.07) is 9.28. The fourth-order valence-corrected chi connectivity index (χ4v) is 1.72. The highest BCUT2D eigenvalue weighted by Gasteiger charge is 2.37. The second kappa shape index (κ2) is 3.40. The van der Waals surface area contributed by atoms with Gasteiger partial charge in [0, 0.05) is 6.42 Å². The quantitative estimate of drug-likeness (QED) is 0.493. The van der Waals surface area contributed by atoms with Crippen LogP contribution in [-0.2, 0) is 4.79 Å². The summed E-state index contributed by atoms with van der Waals surface area (Å²) in [5.74, 6) is 5.16. The third-order valence-corrected chi connectivity index (χ3v) is 2.51. The van der Waals surface area contributed by atoms with Crippen LogP contribution in [0.2, 0.25) is 0 Å². The van der Waals surface area contributed by atoms with Gasteiger partial charge in [-0.3, -0.25) is 9.80 Å². The van der Waals surface area contributed by atoms with E-state index in [2.05, 4.69) is 0 Å². The second-order valence-electron chi connectivity index (χ2n) is 3.42. The Bertz CT molecular complexity index is 339. The van der Waals surface area contributed by atoms with Gasteiger partial charge in [-0.2, -0.15) is 0 Å². The summed E-state index contributed by atoms with van der Waals surface area (Å²) in [6.07, 6.45) is -0.579. The molecule has 0 unspecified atom stereocenters. The minimum absolute atomic E-state index is 0.196. The van der Waals surface area contributed by atoms with Crippen molar-refractivity contribution in [2.24, 2.45) is 5.84 Å². The second-order valence-corrected chi connectivity index (χ2v) is 3.42. The number of aliphatic hydroxyl groups is 1. The molecular formula is C10H12N2O2. The molecule has 0 saturated carbocycles. The van der Waals surface area contributed by atoms with E-state index >= 15 is 0 Å². The molecule has 4 nitrogen and oxygen atoms in total. The van der Waals surface area contributed by atoms with Crippen molar-refractivity contribution in [3.63, 3.8) is 0 Å². The standard InChI is InChI=1S/C10H12N2O2/c11-12-8(6-9(13)10(12)14)7-4-2-1-3-5-7/h1-5,8-9,13H,6,11H2/t8-,9+/m0/s1. The molecule has 3 N–H and O–H groups in total. The van der Waals surface area contributed by atoms with Crippen molar-refractivity contribution < 1.29 is 9.90 Å². The average molecular weight is 192 g/mol. The average Bonchev–Trinajstić information content (AvgIpc) is 2.47. The number of carbonyl (C=O) groups is 1. The number of hydrogen-bond donors (Lipinski definition) is 2. The van der Waals surface area contributed by atoms with Crippen LogP contribution >= 0.6 is 0 Å². The highest BCUT2D eigenvalue weighted by Crippen LogP contribution is 2.29. The van der Waals surface area contributed by atoms with E-state index in [9.17, 15) is 9.90 Å². The summed E-state index contributed by atoms with van der Waals surface area (Å²) in [7, 11) is 0. The summed E-state index contributed by atoms with van der Waals surface area (Å²) in [4.78, 5) is 11.2. The molecule has 2 atom stereocenters. The van der Waals surface area contributed by atoms with Crippen molar-refractivity contribution in [2.75, 3.05) is 0 Å². The van der Waals surface area contributed by atoms with Gasteiger partial charge in [0.05, 0.1) is 6.04 Å². The predicted octanol–water partition coefficient (Wildman–Crippen LogP) is 0.195. The molecule has 1 fully saturated rings. The van der Waals surface area contributed by atoms with Gasteiger partial charge >= 0.3 is 0 Å². The maximum atomic E-state index is 11.2. The summed E-state index contributed by atoms with van der Waals surface area (Å²) in [5.41, 5.74) is 0.958. The summed E-state index contributed by atoms with van der Waals surface area (Å²) < 4.78 is 0. The maximum absolute atomic E-state index is 11.2. The first-order chi connectivity index (χ1) is 6.70. The molecule has 1 saturated heterocycles. The molecule has 0 aliphatic carbocycles. The van der Waals surface area contributed by atoms with Crippen LogP contribution in [-0.4, -0.2) is 22.1 Å². The van der Waals surface area contributed by atoms with E-state index < -0.39 is 12.0 Å². The minimum Gasteiger partial charge on any atom is -0.383 e. The van der Waals surface area contributed by atoms with Gasteiger partial charge < -0.3 is 5.11 Å². The maximum Gasteiger partial charge on any atom is 0.265 e. The van der Waals surface area contributed by atoms with Crippen molar-refractivity contribution in [2.45, 2.75) is 18.6 Å². The Morgan fingerprint density at radius 3 is 2.50 bits per heavy atom. The van der Waals surface area contributed by atoms with Crippen LogP contribution in [0.1, 0.15) is 18.0 Å². The van der Waals surface area contributed by atoms with Gasteiger partial charge in [0.1, 0.15) is 6.10 Å². The van der Waals surface area contributed by atoms with E-state index in [1.165, 1.54) is 0 Å². The molecule has 2 rings (SSSR count). The first-order valence-electron chi connectivity index (χ1n) is 4.51. The third kappa shape index (κ3) is 1.38. The SMILES string of the molecule is NN1C(=O)[C@H](O)C[C@H]1c1ccccc1. The van der Waals surface area contributed by atoms with E-state index in [0.717, 1.165) is 10.6 Å². The van der Waals surface area contributed by atoms with Crippen molar-refractivity contribution in [3.05, 3.63) is 35.9 Å². The highest BCUT2D eigenvalue weighted by molar-refractivity contribution is 5.82. The van der Waals surface area contributed by atoms with Crippen LogP contribution < -0.4 is 5.84 Å². The number of rotatable bonds is 1. The lowest BCUT2D eigenvalue weighted by Gasteiger charge is -2.18. The molecule has 1 aliphatic rings. The Morgan fingerprint density at radius 2 is 2.00 bits per heavy atom. The Kier molecular flexibility index (Phi) is 2.23. The van der Waals surface area contributed by atoms with E-state index in [1.54, 1.807) is 0 Å². The largest absolute Gasteiger partial charge is 0.383 e. The monoisotopic (exact) mass is 192 g/mol. The van der Waals surface area contributed by atoms with E-state index in [1.807, 2.05) is 30.3 Å². The number of benzene rings is 1. The Morgan fingerprint density at radius 1 is 1.36 bits per heavy atom. The number of hydrazine groups is 1. The highest BCUT2D eigenvalue weighted by atomic mass is 16.3. The fraction of sp³-hybridized carbons (Fsp3) is 0.300. The molecule has 0 spiro atoms. The van der Waals surface area contributed by atoms with Crippen LogP contribution in [0.5, 0.6) is 0 Å². The number of nitrogens with zero attached hydrogens (tertiary/aromatic N) is 1. The zero-order chi connectivity index (χ0) is 10.1. The van der Waals surface area contributed by atoms with Gasteiger partial charge in [0.25, 0.3) is 5.91 Å². The van der Waals surface area contributed by atoms with Crippen LogP contribution in [0.25, 0.3) is 0 Å². The lowest BCUT2D eigenvalue weighted by molar-refractivity contribution is -0.135. The van der Waals surface area contributed by atoms with Gasteiger partial charge in [-0.05, 0) is 5.56 Å². The molecule has 1 aliphatic heterocycles. The number of carbonyl (C=O) groups excluding carboxylic acids is 1. The normalized spacial score (nSPS) is 27.0. The van der Waals surface area contributed by atoms with Crippen molar-refractivity contribution in [1.29, 1.82) is 0 Å². The van der Waals surface area contributed by atoms with Crippen LogP contribution in [0, 0.1) is 0 Å². The molecule has 1 amide bonds. The third-order valence-electron chi connectivity index (χ3n) is 2.51. The van der Waals surface area contributed by atoms with Crippen molar-refractivity contribution in [3.8, 4) is 0 Å². The zero-order valence-electron chi connectivity index (χ0n) is 7.63. The molecule has 0 aromatic heterocycles. The molecule has 1 aromatic carbocycles. The Hall–Kier alpha value is -1.39. The van der Waals surface area contributed by atoms with Gasteiger partial charge in [0.15, 0.2) is 0 Å². The molecule has 14 heavy (non-hydrogen) atoms. The molecular weight excluding hydrogens is 180 g/mol. The first-order valence-corrected chi connectivity index (χ1v) is 4.51. The molecule has 4 heteroatoms. The number of nitrogens with two attached hydrogens (primary N) is 1. The number of hydrogen-bond acceptors (Lipinski definition) is 3. The lowest BCUT2D eigenvalue weighted by Crippen LogP contribution is -2.36. The topological polar surface area (TPSA) is 66.6 Å². The van der Waals surface area contributed by atoms with E-state index in [4.69, 9.17) is 5.84 Å². The van der Waals surface area contributed by atoms with Crippen LogP contribution in [0.4, 0.5) is 0 Å². The van der Waals surface area contributed by atoms with Crippen molar-refractivity contribution >= 4 is 5.91 Å². The lowest BCUT2D eigenvalue weighted by atomic mass is 10.0. The van der Waals surface area contributed by atoms with E-state index in [0.29, 0.717) is 6.42 Å². The molecule has 0 radical (unpaired) electrons. The first kappa shape index (κ1) is 9.18. The van der Waals surface area contributed by atoms with Crippen molar-refractivity contribution in [1.82, 2.24) is 5.01 Å². The van der Waals surface area contributed by atoms with Gasteiger partial charge in [-0.25, -0.2) is 5.84 Å². The summed E-state index contributed by atoms with van der Waals surface area (Å²) >= 11 is 0. The summed E-state index contributed by atoms with van der Waals surface area (Å²) in [5, 5.41) is 10.4. The minimum atomic E-state index is -0.954. The molecule has 0 bridgehead atoms. The van der Waals surface area contributed by atoms with E-state index in [-0.39, 0.29) is 6.04 Å². The van der Waals surface area contributed by atoms with Gasteiger partial charge in [-0.15, -0.1) is 0 Å². The zero-order valence-corrected chi connectivity index (χ0v) is 7.63. The fourth-order valence-electron chi connectivity index (χ4n) is 1.72. The molecule has 1 heterocycles. The molecule has 74 valence electrons. The predicted molar refractivity (Wildman–Crippen MR) is 50.8 cm³/mol. The Labute approximate surface area is 81.9 Å². The smallest absolute Gasteiger partial charge is 0.265 e. The van der Waals surface area contributed by atoms with Crippen LogP contribution in [0.3, 0.4) is 0 Å².